The summed E-state index contributed by atoms with van der Waals surface area (Å²) < 4.78 is 9.94. The Balaban J connectivity index is 1.60. The van der Waals surface area contributed by atoms with Gasteiger partial charge in [-0.25, -0.2) is 0 Å². The first-order chi connectivity index (χ1) is 21.1. The molecule has 2 aromatic carbocycles. The van der Waals surface area contributed by atoms with E-state index in [2.05, 4.69) is 6.07 Å². The monoisotopic (exact) mass is 611 g/mol. The number of hydrogen-bond donors (Lipinski definition) is 1. The molecule has 0 atom stereocenters. The second-order valence-corrected chi connectivity index (χ2v) is 12.1. The van der Waals surface area contributed by atoms with Crippen LogP contribution in [0, 0.1) is 31.1 Å². The van der Waals surface area contributed by atoms with Crippen LogP contribution in [-0.4, -0.2) is 50.7 Å². The maximum Gasteiger partial charge on any atom is 0.264 e. The van der Waals surface area contributed by atoms with Gasteiger partial charge in [0.1, 0.15) is 23.3 Å². The summed E-state index contributed by atoms with van der Waals surface area (Å²) >= 11 is 6.48. The Kier molecular flexibility index (Phi) is 7.64. The maximum atomic E-state index is 14.8. The van der Waals surface area contributed by atoms with Gasteiger partial charge < -0.3 is 23.9 Å². The van der Waals surface area contributed by atoms with Gasteiger partial charge in [0.25, 0.3) is 11.8 Å². The molecule has 0 unspecified atom stereocenters. The van der Waals surface area contributed by atoms with Gasteiger partial charge in [-0.05, 0) is 81.5 Å². The van der Waals surface area contributed by atoms with Crippen molar-refractivity contribution in [1.29, 1.82) is 5.26 Å². The SMILES string of the molecule is Cc1c(N2C(=O)c3cc(n(C)c3C)-c3cc(Cl)ccc3C(=O)N3CCC(CCOc4cc(O)ccc42)CC3)cc(C#N)n1C. The summed E-state index contributed by atoms with van der Waals surface area (Å²) in [5, 5.41) is 20.7. The standard InChI is InChI=1S/C34H34ClN5O4/c1-20-27-18-31(38(20)4)28-15-23(35)5-7-26(28)33(42)39-12-9-22(10-13-39)11-14-44-32-17-25(41)6-8-29(32)40(34(27)43)30-16-24(19-36)37(3)21(30)2/h5-8,15-18,22,41H,9-14H2,1-4H3. The van der Waals surface area contributed by atoms with Crippen molar-refractivity contribution in [2.45, 2.75) is 33.1 Å². The number of aromatic nitrogens is 2. The molecule has 0 radical (unpaired) electrons. The number of ether oxygens (including phenoxy) is 1. The molecule has 5 heterocycles. The summed E-state index contributed by atoms with van der Waals surface area (Å²) in [5.41, 5.74) is 5.05. The average molecular weight is 612 g/mol. The van der Waals surface area contributed by atoms with Gasteiger partial charge >= 0.3 is 0 Å². The van der Waals surface area contributed by atoms with Gasteiger partial charge in [-0.15, -0.1) is 0 Å². The molecule has 1 saturated heterocycles. The molecule has 4 aromatic rings. The smallest absolute Gasteiger partial charge is 0.264 e. The van der Waals surface area contributed by atoms with Gasteiger partial charge in [-0.3, -0.25) is 14.5 Å². The van der Waals surface area contributed by atoms with Crippen molar-refractivity contribution in [2.75, 3.05) is 24.6 Å². The second kappa shape index (κ2) is 11.4. The molecule has 3 aliphatic rings. The van der Waals surface area contributed by atoms with Crippen molar-refractivity contribution in [3.63, 3.8) is 0 Å². The third-order valence-corrected chi connectivity index (χ3v) is 9.43. The zero-order valence-electron chi connectivity index (χ0n) is 25.2. The van der Waals surface area contributed by atoms with E-state index < -0.39 is 0 Å². The minimum Gasteiger partial charge on any atom is -0.508 e. The first-order valence-electron chi connectivity index (χ1n) is 14.7. The van der Waals surface area contributed by atoms with E-state index in [4.69, 9.17) is 16.3 Å². The number of phenols is 1. The number of halogens is 1. The number of carbonyl (C=O) groups is 2. The highest BCUT2D eigenvalue weighted by Gasteiger charge is 2.32. The molecule has 9 nitrogen and oxygen atoms in total. The van der Waals surface area contributed by atoms with E-state index >= 15 is 0 Å². The van der Waals surface area contributed by atoms with E-state index in [0.717, 1.165) is 19.3 Å². The predicted molar refractivity (Wildman–Crippen MR) is 169 cm³/mol. The largest absolute Gasteiger partial charge is 0.508 e. The van der Waals surface area contributed by atoms with Crippen LogP contribution >= 0.6 is 11.6 Å². The van der Waals surface area contributed by atoms with Crippen molar-refractivity contribution in [3.8, 4) is 28.8 Å². The number of aromatic hydroxyl groups is 1. The molecule has 0 spiro atoms. The Bertz CT molecular complexity index is 1840. The number of nitrogens with zero attached hydrogens (tertiary/aromatic N) is 5. The van der Waals surface area contributed by atoms with Crippen molar-refractivity contribution in [3.05, 3.63) is 81.8 Å². The number of benzene rings is 2. The quantitative estimate of drug-likeness (QED) is 0.265. The van der Waals surface area contributed by atoms with Crippen molar-refractivity contribution in [1.82, 2.24) is 14.0 Å². The van der Waals surface area contributed by atoms with Crippen molar-refractivity contribution >= 4 is 34.8 Å². The minimum absolute atomic E-state index is 0.0167. The molecule has 0 aliphatic carbocycles. The zero-order chi connectivity index (χ0) is 31.3. The number of phenolic OH excluding ortho intramolecular Hbond substituents is 1. The number of carbonyl (C=O) groups excluding carboxylic acids is 2. The van der Waals surface area contributed by atoms with Gasteiger partial charge in [0.15, 0.2) is 0 Å². The lowest BCUT2D eigenvalue weighted by atomic mass is 9.93. The van der Waals surface area contributed by atoms with Gasteiger partial charge in [-0.1, -0.05) is 11.6 Å². The van der Waals surface area contributed by atoms with Gasteiger partial charge in [0, 0.05) is 66.5 Å². The van der Waals surface area contributed by atoms with Gasteiger partial charge in [0.2, 0.25) is 0 Å². The van der Waals surface area contributed by atoms with Crippen LogP contribution in [0.15, 0.2) is 48.5 Å². The van der Waals surface area contributed by atoms with Crippen LogP contribution in [0.5, 0.6) is 11.5 Å². The fourth-order valence-electron chi connectivity index (χ4n) is 6.31. The number of amides is 2. The lowest BCUT2D eigenvalue weighted by Gasteiger charge is -2.32. The van der Waals surface area contributed by atoms with Crippen molar-refractivity contribution in [2.24, 2.45) is 20.0 Å². The molecule has 2 aromatic heterocycles. The number of fused-ring (bicyclic) bond motifs is 5. The fourth-order valence-corrected chi connectivity index (χ4v) is 6.48. The Morgan fingerprint density at radius 1 is 0.864 bits per heavy atom. The van der Waals surface area contributed by atoms with E-state index in [0.29, 0.717) is 87.2 Å². The summed E-state index contributed by atoms with van der Waals surface area (Å²) in [6.45, 7) is 5.37. The Morgan fingerprint density at radius 2 is 1.61 bits per heavy atom. The number of hydrogen-bond acceptors (Lipinski definition) is 5. The summed E-state index contributed by atoms with van der Waals surface area (Å²) in [6, 6.07) is 15.7. The van der Waals surface area contributed by atoms with E-state index in [1.54, 1.807) is 52.9 Å². The summed E-state index contributed by atoms with van der Waals surface area (Å²) in [7, 11) is 3.64. The Labute approximate surface area is 261 Å². The molecule has 0 saturated carbocycles. The highest BCUT2D eigenvalue weighted by atomic mass is 35.5. The van der Waals surface area contributed by atoms with E-state index in [1.807, 2.05) is 30.4 Å². The molecule has 3 aliphatic heterocycles. The van der Waals surface area contributed by atoms with Crippen LogP contribution < -0.4 is 9.64 Å². The van der Waals surface area contributed by atoms with Crippen LogP contribution in [0.3, 0.4) is 0 Å². The van der Waals surface area contributed by atoms with Crippen LogP contribution in [0.1, 0.15) is 57.1 Å². The topological polar surface area (TPSA) is 104 Å². The number of rotatable bonds is 1. The predicted octanol–water partition coefficient (Wildman–Crippen LogP) is 6.49. The van der Waals surface area contributed by atoms with Crippen LogP contribution in [0.2, 0.25) is 5.02 Å². The molecule has 44 heavy (non-hydrogen) atoms. The molecule has 1 fully saturated rings. The molecular weight excluding hydrogens is 578 g/mol. The van der Waals surface area contributed by atoms with Gasteiger partial charge in [-0.2, -0.15) is 5.26 Å². The molecule has 4 bridgehead atoms. The van der Waals surface area contributed by atoms with E-state index in [1.165, 1.54) is 12.1 Å². The third-order valence-electron chi connectivity index (χ3n) is 9.19. The maximum absolute atomic E-state index is 14.8. The number of piperidine rings is 1. The molecule has 2 amide bonds. The molecule has 1 N–H and O–H groups in total. The van der Waals surface area contributed by atoms with Crippen molar-refractivity contribution < 1.29 is 19.4 Å². The summed E-state index contributed by atoms with van der Waals surface area (Å²) in [6.07, 6.45) is 2.47. The minimum atomic E-state index is -0.346. The normalized spacial score (nSPS) is 15.9. The zero-order valence-corrected chi connectivity index (χ0v) is 26.0. The Hall–Kier alpha value is -4.68. The molecule has 7 rings (SSSR count). The fraction of sp³-hybridized carbons (Fsp3) is 0.324. The Morgan fingerprint density at radius 3 is 2.32 bits per heavy atom. The first kappa shape index (κ1) is 29.4. The van der Waals surface area contributed by atoms with Crippen LogP contribution in [0.25, 0.3) is 11.3 Å². The average Bonchev–Trinajstić information content (AvgIpc) is 3.47. The summed E-state index contributed by atoms with van der Waals surface area (Å²) in [4.78, 5) is 32.1. The summed E-state index contributed by atoms with van der Waals surface area (Å²) in [5.74, 6) is 0.341. The molecule has 10 heteroatoms. The number of nitriles is 1. The second-order valence-electron chi connectivity index (χ2n) is 11.6. The van der Waals surface area contributed by atoms with E-state index in [-0.39, 0.29) is 17.6 Å². The lowest BCUT2D eigenvalue weighted by molar-refractivity contribution is 0.0680. The molecule has 226 valence electrons. The van der Waals surface area contributed by atoms with Gasteiger partial charge in [0.05, 0.1) is 23.5 Å². The highest BCUT2D eigenvalue weighted by Crippen LogP contribution is 2.41. The lowest BCUT2D eigenvalue weighted by Crippen LogP contribution is -2.39. The molecular formula is C34H34ClN5O4. The van der Waals surface area contributed by atoms with E-state index in [9.17, 15) is 20.0 Å². The number of anilines is 2. The first-order valence-corrected chi connectivity index (χ1v) is 15.1. The van der Waals surface area contributed by atoms with Crippen LogP contribution in [0.4, 0.5) is 11.4 Å². The van der Waals surface area contributed by atoms with Crippen LogP contribution in [-0.2, 0) is 14.1 Å². The third kappa shape index (κ3) is 4.99. The highest BCUT2D eigenvalue weighted by molar-refractivity contribution is 6.31.